The van der Waals surface area contributed by atoms with Crippen molar-refractivity contribution in [2.75, 3.05) is 0 Å². The number of hydrogen-bond acceptors (Lipinski definition) is 2. The molecule has 3 rings (SSSR count). The van der Waals surface area contributed by atoms with Crippen molar-refractivity contribution in [3.63, 3.8) is 0 Å². The molecule has 0 spiro atoms. The van der Waals surface area contributed by atoms with Gasteiger partial charge in [0.2, 0.25) is 0 Å². The summed E-state index contributed by atoms with van der Waals surface area (Å²) in [6.07, 6.45) is 1.82. The predicted molar refractivity (Wildman–Crippen MR) is 72.3 cm³/mol. The van der Waals surface area contributed by atoms with Crippen molar-refractivity contribution < 1.29 is 0 Å². The summed E-state index contributed by atoms with van der Waals surface area (Å²) in [5.74, 6) is 0. The maximum Gasteiger partial charge on any atom is 0.101 e. The number of hydrogen-bond donors (Lipinski definition) is 0. The fourth-order valence-corrected chi connectivity index (χ4v) is 2.58. The highest BCUT2D eigenvalue weighted by Gasteiger charge is 1.99. The van der Waals surface area contributed by atoms with E-state index in [4.69, 9.17) is 0 Å². The van der Waals surface area contributed by atoms with Gasteiger partial charge in [-0.05, 0) is 35.0 Å². The Morgan fingerprint density at radius 1 is 0.765 bits per heavy atom. The third kappa shape index (κ3) is 2.32. The van der Waals surface area contributed by atoms with Gasteiger partial charge in [-0.25, -0.2) is 4.98 Å². The largest absolute Gasteiger partial charge is 0.250 e. The minimum Gasteiger partial charge on any atom is -0.250 e. The lowest BCUT2D eigenvalue weighted by atomic mass is 10.1. The van der Waals surface area contributed by atoms with E-state index in [-0.39, 0.29) is 0 Å². The van der Waals surface area contributed by atoms with Crippen LogP contribution < -0.4 is 0 Å². The predicted octanol–water partition coefficient (Wildman–Crippen LogP) is 4.39. The van der Waals surface area contributed by atoms with Gasteiger partial charge in [0.05, 0.1) is 0 Å². The van der Waals surface area contributed by atoms with Crippen molar-refractivity contribution >= 4 is 22.5 Å². The molecule has 0 N–H and O–H groups in total. The van der Waals surface area contributed by atoms with Gasteiger partial charge in [-0.1, -0.05) is 48.2 Å². The van der Waals surface area contributed by atoms with Crippen molar-refractivity contribution in [1.82, 2.24) is 4.98 Å². The molecular weight excluding hydrogens is 226 g/mol. The van der Waals surface area contributed by atoms with Gasteiger partial charge in [-0.15, -0.1) is 0 Å². The van der Waals surface area contributed by atoms with Crippen molar-refractivity contribution in [2.24, 2.45) is 0 Å². The van der Waals surface area contributed by atoms with E-state index in [0.29, 0.717) is 0 Å². The molecule has 0 bridgehead atoms. The molecule has 0 saturated heterocycles. The number of benzene rings is 2. The molecule has 0 aliphatic rings. The third-order valence-electron chi connectivity index (χ3n) is 2.58. The average molecular weight is 237 g/mol. The molecule has 0 aliphatic heterocycles. The smallest absolute Gasteiger partial charge is 0.101 e. The number of rotatable bonds is 2. The molecule has 1 nitrogen and oxygen atoms in total. The van der Waals surface area contributed by atoms with Gasteiger partial charge in [0.25, 0.3) is 0 Å². The van der Waals surface area contributed by atoms with Crippen molar-refractivity contribution in [1.29, 1.82) is 0 Å². The molecule has 0 aliphatic carbocycles. The molecule has 0 fully saturated rings. The lowest BCUT2D eigenvalue weighted by Crippen LogP contribution is -1.78. The van der Waals surface area contributed by atoms with Crippen molar-refractivity contribution in [3.8, 4) is 0 Å². The number of pyridine rings is 1. The fraction of sp³-hybridized carbons (Fsp3) is 0. The quantitative estimate of drug-likeness (QED) is 0.655. The lowest BCUT2D eigenvalue weighted by Gasteiger charge is -2.02. The van der Waals surface area contributed by atoms with Crippen LogP contribution in [0, 0.1) is 0 Å². The SMILES string of the molecule is c1ccc(Sc2ccc3ccccc3c2)nc1. The lowest BCUT2D eigenvalue weighted by molar-refractivity contribution is 1.13. The van der Waals surface area contributed by atoms with Gasteiger partial charge in [0.15, 0.2) is 0 Å². The minimum atomic E-state index is 1.03. The van der Waals surface area contributed by atoms with Crippen LogP contribution in [-0.2, 0) is 0 Å². The Labute approximate surface area is 105 Å². The molecule has 82 valence electrons. The Morgan fingerprint density at radius 3 is 2.41 bits per heavy atom. The van der Waals surface area contributed by atoms with Crippen LogP contribution in [-0.4, -0.2) is 4.98 Å². The summed E-state index contributed by atoms with van der Waals surface area (Å²) in [5, 5.41) is 3.58. The van der Waals surface area contributed by atoms with E-state index in [9.17, 15) is 0 Å². The summed E-state index contributed by atoms with van der Waals surface area (Å²) < 4.78 is 0. The van der Waals surface area contributed by atoms with E-state index < -0.39 is 0 Å². The first-order valence-electron chi connectivity index (χ1n) is 5.49. The summed E-state index contributed by atoms with van der Waals surface area (Å²) in [7, 11) is 0. The third-order valence-corrected chi connectivity index (χ3v) is 3.52. The fourth-order valence-electron chi connectivity index (χ4n) is 1.76. The highest BCUT2D eigenvalue weighted by molar-refractivity contribution is 7.99. The van der Waals surface area contributed by atoms with Crippen LogP contribution in [0.5, 0.6) is 0 Å². The van der Waals surface area contributed by atoms with E-state index >= 15 is 0 Å². The van der Waals surface area contributed by atoms with Crippen LogP contribution in [0.4, 0.5) is 0 Å². The topological polar surface area (TPSA) is 12.9 Å². The first-order chi connectivity index (χ1) is 8.42. The Kier molecular flexibility index (Phi) is 2.80. The zero-order chi connectivity index (χ0) is 11.5. The highest BCUT2D eigenvalue weighted by atomic mass is 32.2. The van der Waals surface area contributed by atoms with Crippen LogP contribution in [0.2, 0.25) is 0 Å². The Balaban J connectivity index is 1.96. The zero-order valence-electron chi connectivity index (χ0n) is 9.21. The van der Waals surface area contributed by atoms with Crippen LogP contribution in [0.3, 0.4) is 0 Å². The molecule has 0 radical (unpaired) electrons. The van der Waals surface area contributed by atoms with Crippen LogP contribution in [0.25, 0.3) is 10.8 Å². The summed E-state index contributed by atoms with van der Waals surface area (Å²) in [6, 6.07) is 20.9. The van der Waals surface area contributed by atoms with Gasteiger partial charge in [-0.2, -0.15) is 0 Å². The molecule has 0 atom stereocenters. The second-order valence-electron chi connectivity index (χ2n) is 3.78. The van der Waals surface area contributed by atoms with Gasteiger partial charge in [-0.3, -0.25) is 0 Å². The van der Waals surface area contributed by atoms with E-state index in [1.54, 1.807) is 11.8 Å². The number of fused-ring (bicyclic) bond motifs is 1. The van der Waals surface area contributed by atoms with Crippen molar-refractivity contribution in [3.05, 3.63) is 66.9 Å². The maximum absolute atomic E-state index is 4.32. The molecular formula is C15H11NS. The normalized spacial score (nSPS) is 10.6. The van der Waals surface area contributed by atoms with E-state index in [1.165, 1.54) is 15.7 Å². The van der Waals surface area contributed by atoms with E-state index in [1.807, 2.05) is 24.4 Å². The Morgan fingerprint density at radius 2 is 1.59 bits per heavy atom. The highest BCUT2D eigenvalue weighted by Crippen LogP contribution is 2.28. The molecule has 2 heteroatoms. The summed E-state index contributed by atoms with van der Waals surface area (Å²) >= 11 is 1.69. The Bertz CT molecular complexity index is 635. The summed E-state index contributed by atoms with van der Waals surface area (Å²) in [5.41, 5.74) is 0. The first kappa shape index (κ1) is 10.4. The molecule has 2 aromatic carbocycles. The molecule has 17 heavy (non-hydrogen) atoms. The molecule has 1 aromatic heterocycles. The van der Waals surface area contributed by atoms with Gasteiger partial charge < -0.3 is 0 Å². The molecule has 0 saturated carbocycles. The summed E-state index contributed by atoms with van der Waals surface area (Å²) in [4.78, 5) is 5.54. The van der Waals surface area contributed by atoms with Crippen LogP contribution in [0.15, 0.2) is 76.8 Å². The minimum absolute atomic E-state index is 1.03. The summed E-state index contributed by atoms with van der Waals surface area (Å²) in [6.45, 7) is 0. The second kappa shape index (κ2) is 4.60. The Hall–Kier alpha value is -1.80. The van der Waals surface area contributed by atoms with Gasteiger partial charge in [0.1, 0.15) is 5.03 Å². The van der Waals surface area contributed by atoms with Crippen molar-refractivity contribution in [2.45, 2.75) is 9.92 Å². The standard InChI is InChI=1S/C15H11NS/c1-2-6-13-11-14(9-8-12(13)5-1)17-15-7-3-4-10-16-15/h1-11H. The molecule has 1 heterocycles. The van der Waals surface area contributed by atoms with Crippen LogP contribution in [0.1, 0.15) is 0 Å². The van der Waals surface area contributed by atoms with E-state index in [0.717, 1.165) is 5.03 Å². The average Bonchev–Trinajstić information content (AvgIpc) is 2.40. The van der Waals surface area contributed by atoms with Gasteiger partial charge in [0, 0.05) is 11.1 Å². The monoisotopic (exact) mass is 237 g/mol. The number of aromatic nitrogens is 1. The number of nitrogens with zero attached hydrogens (tertiary/aromatic N) is 1. The zero-order valence-corrected chi connectivity index (χ0v) is 10.0. The van der Waals surface area contributed by atoms with Gasteiger partial charge >= 0.3 is 0 Å². The first-order valence-corrected chi connectivity index (χ1v) is 6.31. The molecule has 3 aromatic rings. The van der Waals surface area contributed by atoms with Crippen LogP contribution >= 0.6 is 11.8 Å². The molecule has 0 amide bonds. The van der Waals surface area contributed by atoms with E-state index in [2.05, 4.69) is 47.4 Å². The second-order valence-corrected chi connectivity index (χ2v) is 4.87. The molecule has 0 unspecified atom stereocenters. The maximum atomic E-state index is 4.32.